The summed E-state index contributed by atoms with van der Waals surface area (Å²) < 4.78 is 9.29. The summed E-state index contributed by atoms with van der Waals surface area (Å²) in [6.07, 6.45) is 7.10. The molecule has 0 saturated heterocycles. The van der Waals surface area contributed by atoms with Crippen molar-refractivity contribution < 1.29 is 9.53 Å². The van der Waals surface area contributed by atoms with Crippen LogP contribution in [0.15, 0.2) is 49.1 Å². The number of rotatable bonds is 7. The number of anilines is 1. The van der Waals surface area contributed by atoms with Gasteiger partial charge in [-0.05, 0) is 31.3 Å². The molecule has 0 bridgehead atoms. The average molecular weight is 354 g/mol. The van der Waals surface area contributed by atoms with E-state index in [1.165, 1.54) is 0 Å². The average Bonchev–Trinajstić information content (AvgIpc) is 3.23. The number of amides is 1. The number of benzene rings is 1. The van der Waals surface area contributed by atoms with Crippen molar-refractivity contribution >= 4 is 11.6 Å². The second-order valence-electron chi connectivity index (χ2n) is 5.93. The normalized spacial score (nSPS) is 12.0. The van der Waals surface area contributed by atoms with Crippen molar-refractivity contribution in [1.82, 2.24) is 24.6 Å². The second kappa shape index (κ2) is 7.83. The van der Waals surface area contributed by atoms with Crippen LogP contribution in [0.1, 0.15) is 17.4 Å². The molecule has 136 valence electrons. The largest absolute Gasteiger partial charge is 0.486 e. The van der Waals surface area contributed by atoms with E-state index in [1.807, 2.05) is 55.3 Å². The minimum atomic E-state index is -0.469. The van der Waals surface area contributed by atoms with Gasteiger partial charge in [-0.2, -0.15) is 5.10 Å². The van der Waals surface area contributed by atoms with E-state index in [1.54, 1.807) is 24.1 Å². The summed E-state index contributed by atoms with van der Waals surface area (Å²) in [6, 6.07) is 6.78. The standard InChI is InChI=1S/C18H22N6O2/c1-19-17(13-10-21-24(3)11-13)18(25)22-14-4-6-15(7-5-14)26-12-16-20-8-9-23(16)2/h4-11,17,19H,12H2,1-3H3,(H,22,25). The first-order valence-corrected chi connectivity index (χ1v) is 8.22. The second-order valence-corrected chi connectivity index (χ2v) is 5.93. The quantitative estimate of drug-likeness (QED) is 0.674. The zero-order valence-corrected chi connectivity index (χ0v) is 15.0. The minimum Gasteiger partial charge on any atom is -0.486 e. The van der Waals surface area contributed by atoms with Crippen LogP contribution in [-0.2, 0) is 25.5 Å². The number of ether oxygens (including phenoxy) is 1. The molecule has 8 heteroatoms. The van der Waals surface area contributed by atoms with Crippen molar-refractivity contribution in [2.75, 3.05) is 12.4 Å². The molecule has 0 radical (unpaired) electrons. The molecule has 0 spiro atoms. The van der Waals surface area contributed by atoms with Crippen molar-refractivity contribution in [3.05, 3.63) is 60.4 Å². The first kappa shape index (κ1) is 17.7. The van der Waals surface area contributed by atoms with Crippen LogP contribution in [0.3, 0.4) is 0 Å². The maximum Gasteiger partial charge on any atom is 0.246 e. The van der Waals surface area contributed by atoms with Gasteiger partial charge in [0.2, 0.25) is 5.91 Å². The topological polar surface area (TPSA) is 86.0 Å². The summed E-state index contributed by atoms with van der Waals surface area (Å²) >= 11 is 0. The van der Waals surface area contributed by atoms with Gasteiger partial charge >= 0.3 is 0 Å². The lowest BCUT2D eigenvalue weighted by Crippen LogP contribution is -2.30. The Kier molecular flexibility index (Phi) is 5.33. The Labute approximate surface area is 151 Å². The Morgan fingerprint density at radius 1 is 1.27 bits per heavy atom. The predicted octanol–water partition coefficient (Wildman–Crippen LogP) is 1.63. The molecule has 0 aliphatic rings. The molecule has 1 aromatic carbocycles. The van der Waals surface area contributed by atoms with E-state index in [0.717, 1.165) is 11.4 Å². The number of aromatic nitrogens is 4. The fourth-order valence-corrected chi connectivity index (χ4v) is 2.57. The zero-order chi connectivity index (χ0) is 18.5. The number of carbonyl (C=O) groups is 1. The molecule has 2 aromatic heterocycles. The molecular weight excluding hydrogens is 332 g/mol. The van der Waals surface area contributed by atoms with Crippen LogP contribution in [0.4, 0.5) is 5.69 Å². The molecule has 3 rings (SSSR count). The summed E-state index contributed by atoms with van der Waals surface area (Å²) in [5.41, 5.74) is 1.51. The molecular formula is C18H22N6O2. The maximum atomic E-state index is 12.5. The SMILES string of the molecule is CNC(C(=O)Nc1ccc(OCc2nccn2C)cc1)c1cnn(C)c1. The molecule has 1 unspecified atom stereocenters. The lowest BCUT2D eigenvalue weighted by atomic mass is 10.1. The van der Waals surface area contributed by atoms with E-state index in [0.29, 0.717) is 18.0 Å². The molecule has 3 aromatic rings. The van der Waals surface area contributed by atoms with Gasteiger partial charge in [-0.1, -0.05) is 0 Å². The molecule has 26 heavy (non-hydrogen) atoms. The number of hydrogen-bond acceptors (Lipinski definition) is 5. The molecule has 0 aliphatic carbocycles. The molecule has 8 nitrogen and oxygen atoms in total. The Balaban J connectivity index is 1.59. The van der Waals surface area contributed by atoms with Crippen molar-refractivity contribution in [3.63, 3.8) is 0 Å². The molecule has 0 fully saturated rings. The van der Waals surface area contributed by atoms with Gasteiger partial charge in [0.1, 0.15) is 24.2 Å². The monoisotopic (exact) mass is 354 g/mol. The van der Waals surface area contributed by atoms with Crippen LogP contribution in [0.5, 0.6) is 5.75 Å². The number of aryl methyl sites for hydroxylation is 2. The number of nitrogens with one attached hydrogen (secondary N) is 2. The molecule has 0 aliphatic heterocycles. The minimum absolute atomic E-state index is 0.151. The van der Waals surface area contributed by atoms with Crippen molar-refractivity contribution in [3.8, 4) is 5.75 Å². The lowest BCUT2D eigenvalue weighted by molar-refractivity contribution is -0.118. The van der Waals surface area contributed by atoms with Crippen molar-refractivity contribution in [1.29, 1.82) is 0 Å². The summed E-state index contributed by atoms with van der Waals surface area (Å²) in [5.74, 6) is 1.40. The molecule has 2 N–H and O–H groups in total. The highest BCUT2D eigenvalue weighted by Gasteiger charge is 2.20. The molecule has 2 heterocycles. The Bertz CT molecular complexity index is 868. The summed E-state index contributed by atoms with van der Waals surface area (Å²) in [5, 5.41) is 10.0. The predicted molar refractivity (Wildman–Crippen MR) is 97.6 cm³/mol. The van der Waals surface area contributed by atoms with Crippen LogP contribution in [-0.4, -0.2) is 32.3 Å². The third-order valence-corrected chi connectivity index (χ3v) is 4.02. The lowest BCUT2D eigenvalue weighted by Gasteiger charge is -2.15. The number of imidazole rings is 1. The zero-order valence-electron chi connectivity index (χ0n) is 15.0. The van der Waals surface area contributed by atoms with E-state index in [-0.39, 0.29) is 5.91 Å². The fourth-order valence-electron chi connectivity index (χ4n) is 2.57. The van der Waals surface area contributed by atoms with Crippen LogP contribution < -0.4 is 15.4 Å². The summed E-state index contributed by atoms with van der Waals surface area (Å²) in [6.45, 7) is 0.387. The highest BCUT2D eigenvalue weighted by Crippen LogP contribution is 2.19. The van der Waals surface area contributed by atoms with Gasteiger partial charge in [0.15, 0.2) is 0 Å². The van der Waals surface area contributed by atoms with Gasteiger partial charge in [0.25, 0.3) is 0 Å². The van der Waals surface area contributed by atoms with Gasteiger partial charge in [-0.25, -0.2) is 4.98 Å². The van der Waals surface area contributed by atoms with Gasteiger partial charge in [0, 0.05) is 43.9 Å². The van der Waals surface area contributed by atoms with Crippen molar-refractivity contribution in [2.24, 2.45) is 14.1 Å². The maximum absolute atomic E-state index is 12.5. The van der Waals surface area contributed by atoms with Gasteiger partial charge < -0.3 is 19.9 Å². The van der Waals surface area contributed by atoms with E-state index in [2.05, 4.69) is 20.7 Å². The van der Waals surface area contributed by atoms with Gasteiger partial charge in [-0.15, -0.1) is 0 Å². The summed E-state index contributed by atoms with van der Waals surface area (Å²) in [7, 11) is 5.48. The van der Waals surface area contributed by atoms with Crippen LogP contribution in [0.25, 0.3) is 0 Å². The number of carbonyl (C=O) groups excluding carboxylic acids is 1. The van der Waals surface area contributed by atoms with Crippen LogP contribution >= 0.6 is 0 Å². The Morgan fingerprint density at radius 3 is 2.62 bits per heavy atom. The van der Waals surface area contributed by atoms with E-state index >= 15 is 0 Å². The Hall–Kier alpha value is -3.13. The van der Waals surface area contributed by atoms with Gasteiger partial charge in [-0.3, -0.25) is 9.48 Å². The number of hydrogen-bond donors (Lipinski definition) is 2. The fraction of sp³-hybridized carbons (Fsp3) is 0.278. The van der Waals surface area contributed by atoms with E-state index < -0.39 is 6.04 Å². The first-order chi connectivity index (χ1) is 12.6. The Morgan fingerprint density at radius 2 is 2.04 bits per heavy atom. The van der Waals surface area contributed by atoms with E-state index in [9.17, 15) is 4.79 Å². The highest BCUT2D eigenvalue weighted by atomic mass is 16.5. The molecule has 1 amide bonds. The highest BCUT2D eigenvalue weighted by molar-refractivity contribution is 5.95. The number of likely N-dealkylation sites (N-methyl/N-ethyl adjacent to an activating group) is 1. The molecule has 1 atom stereocenters. The smallest absolute Gasteiger partial charge is 0.246 e. The van der Waals surface area contributed by atoms with E-state index in [4.69, 9.17) is 4.74 Å². The molecule has 0 saturated carbocycles. The third kappa shape index (κ3) is 4.09. The van der Waals surface area contributed by atoms with Crippen molar-refractivity contribution in [2.45, 2.75) is 12.6 Å². The third-order valence-electron chi connectivity index (χ3n) is 4.02. The van der Waals surface area contributed by atoms with Crippen LogP contribution in [0, 0.1) is 0 Å². The summed E-state index contributed by atoms with van der Waals surface area (Å²) in [4.78, 5) is 16.7. The van der Waals surface area contributed by atoms with Gasteiger partial charge in [0.05, 0.1) is 6.20 Å². The van der Waals surface area contributed by atoms with Crippen LogP contribution in [0.2, 0.25) is 0 Å². The first-order valence-electron chi connectivity index (χ1n) is 8.22. The number of nitrogens with zero attached hydrogens (tertiary/aromatic N) is 4.